The van der Waals surface area contributed by atoms with Crippen LogP contribution in [0.2, 0.25) is 5.02 Å². The summed E-state index contributed by atoms with van der Waals surface area (Å²) >= 11 is 6.21. The third-order valence-electron chi connectivity index (χ3n) is 4.69. The maximum atomic E-state index is 12.2. The van der Waals surface area contributed by atoms with Gasteiger partial charge in [-0.25, -0.2) is 4.79 Å². The number of halogens is 1. The molecule has 1 aromatic carbocycles. The van der Waals surface area contributed by atoms with E-state index in [0.29, 0.717) is 34.7 Å². The van der Waals surface area contributed by atoms with Crippen molar-refractivity contribution in [2.24, 2.45) is 0 Å². The highest BCUT2D eigenvalue weighted by Gasteiger charge is 2.24. The van der Waals surface area contributed by atoms with E-state index < -0.39 is 0 Å². The molecule has 1 aliphatic heterocycles. The van der Waals surface area contributed by atoms with E-state index in [9.17, 15) is 9.90 Å². The van der Waals surface area contributed by atoms with Gasteiger partial charge < -0.3 is 14.4 Å². The van der Waals surface area contributed by atoms with Crippen molar-refractivity contribution in [2.45, 2.75) is 39.7 Å². The normalized spacial score (nSPS) is 15.8. The van der Waals surface area contributed by atoms with Gasteiger partial charge >= 0.3 is 5.63 Å². The number of phenolic OH excluding ortho intramolecular Hbond substituents is 1. The van der Waals surface area contributed by atoms with Gasteiger partial charge in [-0.3, -0.25) is 0 Å². The highest BCUT2D eigenvalue weighted by Crippen LogP contribution is 2.35. The molecule has 22 heavy (non-hydrogen) atoms. The summed E-state index contributed by atoms with van der Waals surface area (Å²) in [6, 6.07) is 1.70. The third kappa shape index (κ3) is 2.50. The Morgan fingerprint density at radius 2 is 2.00 bits per heavy atom. The van der Waals surface area contributed by atoms with Gasteiger partial charge in [-0.1, -0.05) is 18.5 Å². The summed E-state index contributed by atoms with van der Waals surface area (Å²) in [5.41, 5.74) is 2.40. The fourth-order valence-corrected chi connectivity index (χ4v) is 3.64. The molecular weight excluding hydrogens is 302 g/mol. The zero-order valence-corrected chi connectivity index (χ0v) is 13.7. The van der Waals surface area contributed by atoms with Crippen LogP contribution in [0, 0.1) is 6.92 Å². The summed E-state index contributed by atoms with van der Waals surface area (Å²) in [7, 11) is 0. The second kappa shape index (κ2) is 5.94. The SMILES string of the molecule is CCc1c(C)c2cc(Cl)c(O)c(C[NH+]3CCCC3)c2oc1=O. The Hall–Kier alpha value is -1.52. The zero-order chi connectivity index (χ0) is 15.9. The van der Waals surface area contributed by atoms with Crippen molar-refractivity contribution in [2.75, 3.05) is 13.1 Å². The van der Waals surface area contributed by atoms with E-state index in [1.807, 2.05) is 13.8 Å². The monoisotopic (exact) mass is 322 g/mol. The molecule has 0 aliphatic carbocycles. The third-order valence-corrected chi connectivity index (χ3v) is 4.98. The molecule has 0 bridgehead atoms. The zero-order valence-electron chi connectivity index (χ0n) is 13.0. The summed E-state index contributed by atoms with van der Waals surface area (Å²) in [5, 5.41) is 11.5. The lowest BCUT2D eigenvalue weighted by Crippen LogP contribution is -3.08. The Kier molecular flexibility index (Phi) is 4.15. The van der Waals surface area contributed by atoms with Crippen LogP contribution in [0.1, 0.15) is 36.5 Å². The predicted molar refractivity (Wildman–Crippen MR) is 86.9 cm³/mol. The average Bonchev–Trinajstić information content (AvgIpc) is 2.99. The Morgan fingerprint density at radius 1 is 1.32 bits per heavy atom. The highest BCUT2D eigenvalue weighted by molar-refractivity contribution is 6.33. The summed E-state index contributed by atoms with van der Waals surface area (Å²) in [5.74, 6) is 0.0420. The van der Waals surface area contributed by atoms with Gasteiger partial charge in [-0.15, -0.1) is 0 Å². The van der Waals surface area contributed by atoms with Crippen molar-refractivity contribution in [1.29, 1.82) is 0 Å². The van der Waals surface area contributed by atoms with Crippen LogP contribution < -0.4 is 10.5 Å². The van der Waals surface area contributed by atoms with Crippen LogP contribution in [0.5, 0.6) is 5.75 Å². The first-order chi connectivity index (χ1) is 10.5. The van der Waals surface area contributed by atoms with Crippen LogP contribution in [0.4, 0.5) is 0 Å². The predicted octanol–water partition coefficient (Wildman–Crippen LogP) is 2.20. The first-order valence-electron chi connectivity index (χ1n) is 7.83. The second-order valence-electron chi connectivity index (χ2n) is 6.04. The maximum absolute atomic E-state index is 12.2. The first kappa shape index (κ1) is 15.4. The largest absolute Gasteiger partial charge is 0.506 e. The molecule has 0 amide bonds. The van der Waals surface area contributed by atoms with Gasteiger partial charge in [-0.2, -0.15) is 0 Å². The van der Waals surface area contributed by atoms with E-state index >= 15 is 0 Å². The lowest BCUT2D eigenvalue weighted by Gasteiger charge is -2.16. The van der Waals surface area contributed by atoms with Crippen molar-refractivity contribution in [3.8, 4) is 5.75 Å². The number of aromatic hydroxyl groups is 1. The summed E-state index contributed by atoms with van der Waals surface area (Å²) in [6.07, 6.45) is 3.00. The number of rotatable bonds is 3. The number of benzene rings is 1. The maximum Gasteiger partial charge on any atom is 0.339 e. The molecule has 0 spiro atoms. The fraction of sp³-hybridized carbons (Fsp3) is 0.471. The molecule has 2 N–H and O–H groups in total. The van der Waals surface area contributed by atoms with Gasteiger partial charge in [0.1, 0.15) is 12.3 Å². The van der Waals surface area contributed by atoms with E-state index in [4.69, 9.17) is 16.0 Å². The number of quaternary nitrogens is 1. The van der Waals surface area contributed by atoms with E-state index in [-0.39, 0.29) is 11.4 Å². The summed E-state index contributed by atoms with van der Waals surface area (Å²) in [4.78, 5) is 13.6. The molecule has 118 valence electrons. The van der Waals surface area contributed by atoms with Crippen molar-refractivity contribution in [1.82, 2.24) is 0 Å². The molecule has 3 rings (SSSR count). The Morgan fingerprint density at radius 3 is 2.64 bits per heavy atom. The topological polar surface area (TPSA) is 54.9 Å². The molecule has 0 radical (unpaired) electrons. The lowest BCUT2D eigenvalue weighted by molar-refractivity contribution is -0.901. The fourth-order valence-electron chi connectivity index (χ4n) is 3.42. The second-order valence-corrected chi connectivity index (χ2v) is 6.45. The van der Waals surface area contributed by atoms with Gasteiger partial charge in [0.05, 0.1) is 23.7 Å². The van der Waals surface area contributed by atoms with E-state index in [0.717, 1.165) is 24.0 Å². The average molecular weight is 323 g/mol. The van der Waals surface area contributed by atoms with Crippen LogP contribution in [0.15, 0.2) is 15.3 Å². The quantitative estimate of drug-likeness (QED) is 0.852. The Bertz CT molecular complexity index is 776. The van der Waals surface area contributed by atoms with Crippen molar-refractivity contribution >= 4 is 22.6 Å². The van der Waals surface area contributed by atoms with Crippen LogP contribution >= 0.6 is 11.6 Å². The number of nitrogens with one attached hydrogen (secondary N) is 1. The van der Waals surface area contributed by atoms with Crippen LogP contribution in [-0.4, -0.2) is 18.2 Å². The van der Waals surface area contributed by atoms with Crippen LogP contribution in [0.3, 0.4) is 0 Å². The van der Waals surface area contributed by atoms with Crippen molar-refractivity contribution in [3.05, 3.63) is 38.2 Å². The summed E-state index contributed by atoms with van der Waals surface area (Å²) in [6.45, 7) is 6.63. The van der Waals surface area contributed by atoms with Crippen molar-refractivity contribution < 1.29 is 14.4 Å². The minimum Gasteiger partial charge on any atom is -0.506 e. The number of aryl methyl sites for hydroxylation is 1. The van der Waals surface area contributed by atoms with E-state index in [2.05, 4.69) is 0 Å². The Balaban J connectivity index is 2.24. The molecule has 5 heteroatoms. The minimum atomic E-state index is -0.313. The molecule has 0 atom stereocenters. The number of likely N-dealkylation sites (tertiary alicyclic amines) is 1. The number of hydrogen-bond donors (Lipinski definition) is 2. The van der Waals surface area contributed by atoms with Crippen LogP contribution in [0.25, 0.3) is 11.0 Å². The standard InChI is InChI=1S/C17H20ClNO3/c1-3-11-10(2)12-8-14(18)15(20)13(16(12)22-17(11)21)9-19-6-4-5-7-19/h8,20H,3-7,9H2,1-2H3/p+1. The van der Waals surface area contributed by atoms with Crippen LogP contribution in [-0.2, 0) is 13.0 Å². The lowest BCUT2D eigenvalue weighted by atomic mass is 10.0. The molecule has 1 fully saturated rings. The molecule has 1 aromatic heterocycles. The molecular formula is C17H21ClNO3+. The Labute approximate surface area is 134 Å². The van der Waals surface area contributed by atoms with Gasteiger partial charge in [0.2, 0.25) is 0 Å². The van der Waals surface area contributed by atoms with E-state index in [1.54, 1.807) is 6.07 Å². The molecule has 1 aliphatic rings. The van der Waals surface area contributed by atoms with E-state index in [1.165, 1.54) is 17.7 Å². The number of hydrogen-bond acceptors (Lipinski definition) is 3. The van der Waals surface area contributed by atoms with Crippen molar-refractivity contribution in [3.63, 3.8) is 0 Å². The smallest absolute Gasteiger partial charge is 0.339 e. The number of fused-ring (bicyclic) bond motifs is 1. The summed E-state index contributed by atoms with van der Waals surface area (Å²) < 4.78 is 5.55. The molecule has 1 saturated heterocycles. The van der Waals surface area contributed by atoms with Gasteiger partial charge in [0, 0.05) is 23.8 Å². The molecule has 4 nitrogen and oxygen atoms in total. The molecule has 2 heterocycles. The minimum absolute atomic E-state index is 0.0420. The molecule has 0 unspecified atom stereocenters. The van der Waals surface area contributed by atoms with Gasteiger partial charge in [0.15, 0.2) is 5.58 Å². The van der Waals surface area contributed by atoms with Gasteiger partial charge in [0.25, 0.3) is 0 Å². The van der Waals surface area contributed by atoms with Gasteiger partial charge in [-0.05, 0) is 25.0 Å². The highest BCUT2D eigenvalue weighted by atomic mass is 35.5. The molecule has 0 saturated carbocycles. The molecule has 2 aromatic rings. The first-order valence-corrected chi connectivity index (χ1v) is 8.21. The number of phenols is 1.